The van der Waals surface area contributed by atoms with Gasteiger partial charge in [-0.1, -0.05) is 0 Å². The van der Waals surface area contributed by atoms with Crippen LogP contribution in [0.2, 0.25) is 0 Å². The van der Waals surface area contributed by atoms with Crippen LogP contribution in [-0.2, 0) is 17.1 Å². The third-order valence-corrected chi connectivity index (χ3v) is 2.72. The van der Waals surface area contributed by atoms with Crippen LogP contribution in [0, 0.1) is 0 Å². The van der Waals surface area contributed by atoms with Crippen LogP contribution in [-0.4, -0.2) is 4.98 Å². The summed E-state index contributed by atoms with van der Waals surface area (Å²) in [6.07, 6.45) is 1.83. The van der Waals surface area contributed by atoms with Crippen LogP contribution in [0.25, 0.3) is 10.6 Å². The quantitative estimate of drug-likeness (QED) is 0.481. The fraction of sp³-hybridized carbons (Fsp3) is 0. The average Bonchev–Trinajstić information content (AvgIpc) is 3.06. The monoisotopic (exact) mass is 269 g/mol. The number of aromatic nitrogens is 1. The first-order valence-corrected chi connectivity index (χ1v) is 5.63. The van der Waals surface area contributed by atoms with Gasteiger partial charge in [0, 0.05) is 11.6 Å². The molecule has 0 aliphatic rings. The van der Waals surface area contributed by atoms with E-state index in [1.54, 1.807) is 11.3 Å². The van der Waals surface area contributed by atoms with Crippen LogP contribution in [0.1, 0.15) is 0 Å². The number of nitrogens with zero attached hydrogens (tertiary/aromatic N) is 1. The van der Waals surface area contributed by atoms with E-state index in [2.05, 4.69) is 17.1 Å². The molecular weight excluding hydrogens is 258 g/mol. The maximum absolute atomic E-state index is 4.18. The zero-order valence-electron chi connectivity index (χ0n) is 8.56. The third kappa shape index (κ3) is 3.78. The summed E-state index contributed by atoms with van der Waals surface area (Å²) in [6, 6.07) is 18.2. The van der Waals surface area contributed by atoms with Gasteiger partial charge in [0.15, 0.2) is 0 Å². The number of rotatable bonds is 1. The van der Waals surface area contributed by atoms with Gasteiger partial charge in [-0.3, -0.25) is 4.98 Å². The van der Waals surface area contributed by atoms with Crippen molar-refractivity contribution in [1.29, 1.82) is 0 Å². The number of hydrogen-bond donors (Lipinski definition) is 0. The Labute approximate surface area is 110 Å². The summed E-state index contributed by atoms with van der Waals surface area (Å²) in [7, 11) is 0. The van der Waals surface area contributed by atoms with E-state index in [1.807, 2.05) is 54.0 Å². The van der Waals surface area contributed by atoms with Crippen LogP contribution in [0.15, 0.2) is 66.2 Å². The molecule has 3 rings (SSSR count). The van der Waals surface area contributed by atoms with E-state index < -0.39 is 0 Å². The van der Waals surface area contributed by atoms with Gasteiger partial charge in [-0.25, -0.2) is 24.3 Å². The standard InChI is InChI=1S/C8H6NS.C5H5.Fe/c1-2-4-7(3-1)8-9-5-6-10-8;1-2-4-5-3-1;/h1-6H;1-5H;/q2*-1;+2. The molecule has 1 aromatic heterocycles. The van der Waals surface area contributed by atoms with Crippen LogP contribution in [0.5, 0.6) is 0 Å². The van der Waals surface area contributed by atoms with E-state index in [-0.39, 0.29) is 17.1 Å². The second kappa shape index (κ2) is 7.18. The Morgan fingerprint density at radius 1 is 1.06 bits per heavy atom. The van der Waals surface area contributed by atoms with E-state index >= 15 is 0 Å². The molecule has 0 atom stereocenters. The normalized spacial score (nSPS) is 8.75. The fourth-order valence-electron chi connectivity index (χ4n) is 1.20. The summed E-state index contributed by atoms with van der Waals surface area (Å²) < 4.78 is 0. The summed E-state index contributed by atoms with van der Waals surface area (Å²) in [5.74, 6) is 0. The molecule has 0 aliphatic carbocycles. The van der Waals surface area contributed by atoms with Crippen LogP contribution in [0.3, 0.4) is 0 Å². The molecule has 0 aliphatic heterocycles. The third-order valence-electron chi connectivity index (χ3n) is 1.90. The zero-order valence-corrected chi connectivity index (χ0v) is 10.5. The molecular formula is C13H11FeNS. The van der Waals surface area contributed by atoms with Gasteiger partial charge >= 0.3 is 17.1 Å². The summed E-state index contributed by atoms with van der Waals surface area (Å²) in [5.41, 5.74) is 1.22. The molecule has 3 heteroatoms. The topological polar surface area (TPSA) is 12.9 Å². The summed E-state index contributed by atoms with van der Waals surface area (Å²) >= 11 is 1.67. The maximum Gasteiger partial charge on any atom is 2.00 e. The van der Waals surface area contributed by atoms with Gasteiger partial charge < -0.3 is 0 Å². The molecule has 0 radical (unpaired) electrons. The molecule has 0 amide bonds. The molecule has 0 spiro atoms. The Hall–Kier alpha value is -1.15. The van der Waals surface area contributed by atoms with Gasteiger partial charge in [0.1, 0.15) is 0 Å². The van der Waals surface area contributed by atoms with Crippen LogP contribution >= 0.6 is 11.3 Å². The van der Waals surface area contributed by atoms with Crippen molar-refractivity contribution < 1.29 is 17.1 Å². The summed E-state index contributed by atoms with van der Waals surface area (Å²) in [4.78, 5) is 4.18. The van der Waals surface area contributed by atoms with E-state index in [9.17, 15) is 0 Å². The second-order valence-corrected chi connectivity index (χ2v) is 3.87. The van der Waals surface area contributed by atoms with Gasteiger partial charge in [-0.15, -0.1) is 16.9 Å². The van der Waals surface area contributed by atoms with Gasteiger partial charge in [-0.2, -0.15) is 30.3 Å². The maximum atomic E-state index is 4.18. The van der Waals surface area contributed by atoms with Crippen molar-refractivity contribution in [1.82, 2.24) is 4.98 Å². The Morgan fingerprint density at radius 3 is 2.19 bits per heavy atom. The Kier molecular flexibility index (Phi) is 5.79. The molecule has 0 saturated heterocycles. The van der Waals surface area contributed by atoms with Crippen molar-refractivity contribution in [3.05, 3.63) is 66.2 Å². The van der Waals surface area contributed by atoms with Crippen LogP contribution < -0.4 is 0 Å². The minimum atomic E-state index is 0. The fourth-order valence-corrected chi connectivity index (χ4v) is 1.85. The largest absolute Gasteiger partial charge is 2.00 e. The van der Waals surface area contributed by atoms with Gasteiger partial charge in [-0.05, 0) is 0 Å². The molecule has 0 N–H and O–H groups in total. The average molecular weight is 269 g/mol. The first-order valence-electron chi connectivity index (χ1n) is 4.75. The predicted molar refractivity (Wildman–Crippen MR) is 65.2 cm³/mol. The second-order valence-electron chi connectivity index (χ2n) is 2.97. The molecule has 3 aromatic rings. The molecule has 82 valence electrons. The Balaban J connectivity index is 0.000000183. The van der Waals surface area contributed by atoms with Crippen molar-refractivity contribution in [2.24, 2.45) is 0 Å². The number of hydrogen-bond acceptors (Lipinski definition) is 2. The molecule has 0 bridgehead atoms. The molecule has 16 heavy (non-hydrogen) atoms. The van der Waals surface area contributed by atoms with Gasteiger partial charge in [0.2, 0.25) is 0 Å². The van der Waals surface area contributed by atoms with Crippen molar-refractivity contribution in [2.45, 2.75) is 0 Å². The van der Waals surface area contributed by atoms with Crippen molar-refractivity contribution >= 4 is 11.3 Å². The van der Waals surface area contributed by atoms with Crippen LogP contribution in [0.4, 0.5) is 0 Å². The van der Waals surface area contributed by atoms with E-state index in [0.717, 1.165) is 5.01 Å². The van der Waals surface area contributed by atoms with E-state index in [4.69, 9.17) is 0 Å². The molecule has 1 heterocycles. The van der Waals surface area contributed by atoms with E-state index in [1.165, 1.54) is 5.56 Å². The first kappa shape index (κ1) is 12.9. The minimum Gasteiger partial charge on any atom is -0.258 e. The summed E-state index contributed by atoms with van der Waals surface area (Å²) in [6.45, 7) is 0. The Bertz CT molecular complexity index is 391. The van der Waals surface area contributed by atoms with E-state index in [0.29, 0.717) is 0 Å². The zero-order chi connectivity index (χ0) is 10.3. The molecule has 0 saturated carbocycles. The van der Waals surface area contributed by atoms with Gasteiger partial charge in [0.25, 0.3) is 0 Å². The molecule has 0 fully saturated rings. The molecule has 1 nitrogen and oxygen atoms in total. The SMILES string of the molecule is [Fe+2].c1cc[c-](-c2nccs2)c1.c1cc[cH-]c1. The van der Waals surface area contributed by atoms with Crippen molar-refractivity contribution in [3.8, 4) is 10.6 Å². The first-order chi connectivity index (χ1) is 7.47. The minimum absolute atomic E-state index is 0. The molecule has 2 aromatic carbocycles. The van der Waals surface area contributed by atoms with Crippen molar-refractivity contribution in [3.63, 3.8) is 0 Å². The smallest absolute Gasteiger partial charge is 0.258 e. The number of thiazole rings is 1. The van der Waals surface area contributed by atoms with Gasteiger partial charge in [0.05, 0.1) is 5.01 Å². The molecule has 0 unspecified atom stereocenters. The Morgan fingerprint density at radius 2 is 1.75 bits per heavy atom. The summed E-state index contributed by atoms with van der Waals surface area (Å²) in [5, 5.41) is 3.09. The van der Waals surface area contributed by atoms with Crippen molar-refractivity contribution in [2.75, 3.05) is 0 Å². The predicted octanol–water partition coefficient (Wildman–Crippen LogP) is 3.93.